The van der Waals surface area contributed by atoms with Crippen molar-refractivity contribution in [3.05, 3.63) is 0 Å². The Labute approximate surface area is 91.2 Å². The Bertz CT molecular complexity index is 190. The van der Waals surface area contributed by atoms with Crippen LogP contribution < -0.4 is 0 Å². The number of carbonyl (C=O) groups excluding carboxylic acids is 1. The summed E-state index contributed by atoms with van der Waals surface area (Å²) in [4.78, 5) is 13.7. The summed E-state index contributed by atoms with van der Waals surface area (Å²) >= 11 is 0. The summed E-state index contributed by atoms with van der Waals surface area (Å²) in [5, 5.41) is 8.73. The second kappa shape index (κ2) is 6.80. The molecule has 0 aromatic carbocycles. The summed E-state index contributed by atoms with van der Waals surface area (Å²) in [5.74, 6) is 0.0886. The van der Waals surface area contributed by atoms with Crippen molar-refractivity contribution in [2.45, 2.75) is 38.7 Å². The molecule has 0 saturated carbocycles. The first-order valence-corrected chi connectivity index (χ1v) is 5.80. The standard InChI is InChI=1S/C11H21NO3/c1-2-12(7-5-8-13)11(14)10-6-3-4-9-15-10/h10,13H,2-9H2,1H3. The first kappa shape index (κ1) is 12.5. The van der Waals surface area contributed by atoms with Gasteiger partial charge in [0.1, 0.15) is 6.10 Å². The van der Waals surface area contributed by atoms with Crippen LogP contribution in [0.2, 0.25) is 0 Å². The van der Waals surface area contributed by atoms with Crippen LogP contribution in [0, 0.1) is 0 Å². The molecule has 4 heteroatoms. The molecular formula is C11H21NO3. The molecule has 1 rings (SSSR count). The van der Waals surface area contributed by atoms with Crippen molar-refractivity contribution in [1.29, 1.82) is 0 Å². The molecule has 0 aromatic rings. The van der Waals surface area contributed by atoms with Gasteiger partial charge in [-0.25, -0.2) is 0 Å². The molecule has 0 aromatic heterocycles. The van der Waals surface area contributed by atoms with Crippen LogP contribution in [-0.4, -0.2) is 48.3 Å². The van der Waals surface area contributed by atoms with Crippen molar-refractivity contribution in [3.63, 3.8) is 0 Å². The third kappa shape index (κ3) is 3.80. The van der Waals surface area contributed by atoms with Gasteiger partial charge in [-0.2, -0.15) is 0 Å². The Morgan fingerprint density at radius 1 is 1.53 bits per heavy atom. The van der Waals surface area contributed by atoms with Gasteiger partial charge in [0.25, 0.3) is 5.91 Å². The molecule has 1 fully saturated rings. The Hall–Kier alpha value is -0.610. The topological polar surface area (TPSA) is 49.8 Å². The number of aliphatic hydroxyl groups is 1. The van der Waals surface area contributed by atoms with Gasteiger partial charge >= 0.3 is 0 Å². The van der Waals surface area contributed by atoms with Crippen LogP contribution in [-0.2, 0) is 9.53 Å². The average Bonchev–Trinajstić information content (AvgIpc) is 2.31. The minimum atomic E-state index is -0.239. The Morgan fingerprint density at radius 3 is 2.87 bits per heavy atom. The van der Waals surface area contributed by atoms with Crippen molar-refractivity contribution in [1.82, 2.24) is 4.90 Å². The molecule has 1 N–H and O–H groups in total. The summed E-state index contributed by atoms with van der Waals surface area (Å²) in [6.07, 6.45) is 3.39. The largest absolute Gasteiger partial charge is 0.396 e. The number of hydrogen-bond acceptors (Lipinski definition) is 3. The van der Waals surface area contributed by atoms with Crippen LogP contribution >= 0.6 is 0 Å². The molecule has 1 aliphatic heterocycles. The zero-order valence-corrected chi connectivity index (χ0v) is 9.45. The Balaban J connectivity index is 2.40. The fourth-order valence-electron chi connectivity index (χ4n) is 1.82. The van der Waals surface area contributed by atoms with Gasteiger partial charge in [0, 0.05) is 26.3 Å². The molecule has 1 atom stereocenters. The lowest BCUT2D eigenvalue weighted by atomic mass is 10.1. The first-order valence-electron chi connectivity index (χ1n) is 5.80. The highest BCUT2D eigenvalue weighted by Crippen LogP contribution is 2.15. The van der Waals surface area contributed by atoms with Crippen LogP contribution in [0.4, 0.5) is 0 Å². The van der Waals surface area contributed by atoms with Gasteiger partial charge in [-0.3, -0.25) is 4.79 Å². The van der Waals surface area contributed by atoms with E-state index in [9.17, 15) is 4.79 Å². The number of nitrogens with zero attached hydrogens (tertiary/aromatic N) is 1. The summed E-state index contributed by atoms with van der Waals surface area (Å²) in [6.45, 7) is 4.12. The van der Waals surface area contributed by atoms with Crippen molar-refractivity contribution in [3.8, 4) is 0 Å². The molecule has 0 spiro atoms. The molecule has 0 bridgehead atoms. The number of amides is 1. The summed E-state index contributed by atoms with van der Waals surface area (Å²) < 4.78 is 5.45. The predicted octanol–water partition coefficient (Wildman–Crippen LogP) is 0.786. The lowest BCUT2D eigenvalue weighted by molar-refractivity contribution is -0.146. The fourth-order valence-corrected chi connectivity index (χ4v) is 1.82. The summed E-state index contributed by atoms with van der Waals surface area (Å²) in [6, 6.07) is 0. The number of ether oxygens (including phenoxy) is 1. The Kier molecular flexibility index (Phi) is 5.65. The second-order valence-corrected chi connectivity index (χ2v) is 3.85. The van der Waals surface area contributed by atoms with Gasteiger partial charge in [0.2, 0.25) is 0 Å². The number of carbonyl (C=O) groups is 1. The van der Waals surface area contributed by atoms with E-state index in [1.54, 1.807) is 4.90 Å². The van der Waals surface area contributed by atoms with E-state index in [0.717, 1.165) is 19.3 Å². The molecule has 1 aliphatic rings. The van der Waals surface area contributed by atoms with Crippen LogP contribution in [0.25, 0.3) is 0 Å². The van der Waals surface area contributed by atoms with Gasteiger partial charge in [0.05, 0.1) is 0 Å². The van der Waals surface area contributed by atoms with Crippen LogP contribution in [0.3, 0.4) is 0 Å². The molecule has 1 amide bonds. The molecule has 88 valence electrons. The third-order valence-electron chi connectivity index (χ3n) is 2.73. The van der Waals surface area contributed by atoms with E-state index < -0.39 is 0 Å². The van der Waals surface area contributed by atoms with Gasteiger partial charge in [0.15, 0.2) is 0 Å². The minimum Gasteiger partial charge on any atom is -0.396 e. The van der Waals surface area contributed by atoms with Gasteiger partial charge in [-0.15, -0.1) is 0 Å². The van der Waals surface area contributed by atoms with Crippen molar-refractivity contribution < 1.29 is 14.6 Å². The number of rotatable bonds is 5. The molecule has 0 aliphatic carbocycles. The van der Waals surface area contributed by atoms with E-state index >= 15 is 0 Å². The molecule has 1 heterocycles. The highest BCUT2D eigenvalue weighted by atomic mass is 16.5. The van der Waals surface area contributed by atoms with Crippen LogP contribution in [0.5, 0.6) is 0 Å². The van der Waals surface area contributed by atoms with Crippen molar-refractivity contribution >= 4 is 5.91 Å². The molecular weight excluding hydrogens is 194 g/mol. The van der Waals surface area contributed by atoms with E-state index in [4.69, 9.17) is 9.84 Å². The van der Waals surface area contributed by atoms with Crippen molar-refractivity contribution in [2.24, 2.45) is 0 Å². The zero-order chi connectivity index (χ0) is 11.1. The molecule has 1 saturated heterocycles. The number of likely N-dealkylation sites (N-methyl/N-ethyl adjacent to an activating group) is 1. The SMILES string of the molecule is CCN(CCCO)C(=O)C1CCCCO1. The highest BCUT2D eigenvalue weighted by molar-refractivity contribution is 5.81. The quantitative estimate of drug-likeness (QED) is 0.737. The lowest BCUT2D eigenvalue weighted by Crippen LogP contribution is -2.42. The maximum absolute atomic E-state index is 12.0. The molecule has 4 nitrogen and oxygen atoms in total. The minimum absolute atomic E-state index is 0.0886. The molecule has 1 unspecified atom stereocenters. The van der Waals surface area contributed by atoms with E-state index in [1.165, 1.54) is 0 Å². The van der Waals surface area contributed by atoms with Gasteiger partial charge in [-0.05, 0) is 32.6 Å². The van der Waals surface area contributed by atoms with Gasteiger partial charge < -0.3 is 14.7 Å². The maximum atomic E-state index is 12.0. The van der Waals surface area contributed by atoms with Gasteiger partial charge in [-0.1, -0.05) is 0 Å². The second-order valence-electron chi connectivity index (χ2n) is 3.85. The van der Waals surface area contributed by atoms with Crippen molar-refractivity contribution in [2.75, 3.05) is 26.3 Å². The van der Waals surface area contributed by atoms with E-state index in [1.807, 2.05) is 6.92 Å². The third-order valence-corrected chi connectivity index (χ3v) is 2.73. The van der Waals surface area contributed by atoms with E-state index in [0.29, 0.717) is 26.1 Å². The van der Waals surface area contributed by atoms with E-state index in [2.05, 4.69) is 0 Å². The lowest BCUT2D eigenvalue weighted by Gasteiger charge is -2.28. The fraction of sp³-hybridized carbons (Fsp3) is 0.909. The smallest absolute Gasteiger partial charge is 0.251 e. The Morgan fingerprint density at radius 2 is 2.33 bits per heavy atom. The van der Waals surface area contributed by atoms with Crippen LogP contribution in [0.1, 0.15) is 32.6 Å². The number of hydrogen-bond donors (Lipinski definition) is 1. The van der Waals surface area contributed by atoms with Crippen LogP contribution in [0.15, 0.2) is 0 Å². The highest BCUT2D eigenvalue weighted by Gasteiger charge is 2.25. The first-order chi connectivity index (χ1) is 7.29. The average molecular weight is 215 g/mol. The summed E-state index contributed by atoms with van der Waals surface area (Å²) in [7, 11) is 0. The predicted molar refractivity (Wildman–Crippen MR) is 57.5 cm³/mol. The summed E-state index contributed by atoms with van der Waals surface area (Å²) in [5.41, 5.74) is 0. The van der Waals surface area contributed by atoms with E-state index in [-0.39, 0.29) is 18.6 Å². The maximum Gasteiger partial charge on any atom is 0.251 e. The monoisotopic (exact) mass is 215 g/mol. The molecule has 15 heavy (non-hydrogen) atoms. The number of aliphatic hydroxyl groups excluding tert-OH is 1. The zero-order valence-electron chi connectivity index (χ0n) is 9.45. The molecule has 0 radical (unpaired) electrons. The normalized spacial score (nSPS) is 21.3.